The molecule has 148 valence electrons. The van der Waals surface area contributed by atoms with E-state index < -0.39 is 0 Å². The molecule has 0 saturated carbocycles. The summed E-state index contributed by atoms with van der Waals surface area (Å²) in [6, 6.07) is 25.4. The summed E-state index contributed by atoms with van der Waals surface area (Å²) in [6.45, 7) is -0.132. The fourth-order valence-electron chi connectivity index (χ4n) is 2.99. The van der Waals surface area contributed by atoms with Crippen molar-refractivity contribution in [2.75, 3.05) is 6.61 Å². The van der Waals surface area contributed by atoms with Gasteiger partial charge >= 0.3 is 0 Å². The first kappa shape index (κ1) is 19.3. The van der Waals surface area contributed by atoms with Gasteiger partial charge in [-0.25, -0.2) is 10.4 Å². The van der Waals surface area contributed by atoms with Crippen molar-refractivity contribution >= 4 is 23.2 Å². The molecule has 4 rings (SSSR count). The third kappa shape index (κ3) is 5.05. The van der Waals surface area contributed by atoms with Crippen molar-refractivity contribution in [1.29, 1.82) is 0 Å². The number of benzene rings is 3. The van der Waals surface area contributed by atoms with Gasteiger partial charge in [0.2, 0.25) is 0 Å². The molecule has 4 aromatic rings. The van der Waals surface area contributed by atoms with E-state index in [1.54, 1.807) is 6.20 Å². The van der Waals surface area contributed by atoms with E-state index in [0.29, 0.717) is 11.4 Å². The second-order valence-electron chi connectivity index (χ2n) is 6.64. The number of carbonyl (C=O) groups is 1. The highest BCUT2D eigenvalue weighted by molar-refractivity contribution is 5.84. The molecular formula is C24H20N4O2. The fraction of sp³-hybridized carbons (Fsp3) is 0.0833. The van der Waals surface area contributed by atoms with Gasteiger partial charge in [0.25, 0.3) is 5.91 Å². The molecule has 0 aliphatic carbocycles. The molecule has 0 bridgehead atoms. The summed E-state index contributed by atoms with van der Waals surface area (Å²) in [5.74, 6) is 0.329. The minimum atomic E-state index is -0.352. The molecule has 1 amide bonds. The van der Waals surface area contributed by atoms with Crippen molar-refractivity contribution in [3.63, 3.8) is 0 Å². The molecule has 0 atom stereocenters. The second-order valence-corrected chi connectivity index (χ2v) is 6.64. The number of hydrazone groups is 1. The number of hydrogen-bond donors (Lipinski definition) is 1. The molecule has 0 unspecified atom stereocenters. The fourth-order valence-corrected chi connectivity index (χ4v) is 2.99. The normalized spacial score (nSPS) is 10.9. The standard InChI is InChI=1S/C24H20N4O2/c29-24(28-26-16-20-15-25-21-11-5-6-12-22(21)27-20)17-30-23-13-7-4-10-19(23)14-18-8-2-1-3-9-18/h1-13,15-16H,14,17H2,(H,28,29)/b26-16-. The van der Waals surface area contributed by atoms with Crippen molar-refractivity contribution in [3.05, 3.63) is 102 Å². The molecule has 0 saturated heterocycles. The number of rotatable bonds is 7. The van der Waals surface area contributed by atoms with E-state index in [1.807, 2.05) is 66.7 Å². The zero-order valence-electron chi connectivity index (χ0n) is 16.2. The molecule has 1 aromatic heterocycles. The van der Waals surface area contributed by atoms with Crippen LogP contribution in [-0.4, -0.2) is 28.7 Å². The maximum absolute atomic E-state index is 12.1. The Hall–Kier alpha value is -4.06. The highest BCUT2D eigenvalue weighted by Gasteiger charge is 2.07. The summed E-state index contributed by atoms with van der Waals surface area (Å²) in [7, 11) is 0. The maximum Gasteiger partial charge on any atom is 0.277 e. The van der Waals surface area contributed by atoms with Crippen molar-refractivity contribution in [3.8, 4) is 5.75 Å². The lowest BCUT2D eigenvalue weighted by atomic mass is 10.0. The van der Waals surface area contributed by atoms with E-state index in [9.17, 15) is 4.79 Å². The largest absolute Gasteiger partial charge is 0.483 e. The molecule has 0 aliphatic heterocycles. The minimum Gasteiger partial charge on any atom is -0.483 e. The van der Waals surface area contributed by atoms with Gasteiger partial charge in [-0.3, -0.25) is 9.78 Å². The highest BCUT2D eigenvalue weighted by Crippen LogP contribution is 2.21. The molecule has 3 aromatic carbocycles. The third-order valence-electron chi connectivity index (χ3n) is 4.42. The van der Waals surface area contributed by atoms with Gasteiger partial charge in [-0.05, 0) is 29.3 Å². The molecule has 6 nitrogen and oxygen atoms in total. The van der Waals surface area contributed by atoms with Crippen LogP contribution >= 0.6 is 0 Å². The Morgan fingerprint density at radius 2 is 1.67 bits per heavy atom. The molecule has 0 radical (unpaired) electrons. The second kappa shape index (κ2) is 9.43. The Morgan fingerprint density at radius 1 is 0.933 bits per heavy atom. The average Bonchev–Trinajstić information content (AvgIpc) is 2.79. The smallest absolute Gasteiger partial charge is 0.277 e. The lowest BCUT2D eigenvalue weighted by molar-refractivity contribution is -0.123. The van der Waals surface area contributed by atoms with E-state index in [-0.39, 0.29) is 12.5 Å². The summed E-state index contributed by atoms with van der Waals surface area (Å²) < 4.78 is 5.72. The zero-order chi connectivity index (χ0) is 20.6. The number of ether oxygens (including phenoxy) is 1. The van der Waals surface area contributed by atoms with Crippen LogP contribution in [-0.2, 0) is 11.2 Å². The molecule has 1 N–H and O–H groups in total. The number of carbonyl (C=O) groups excluding carboxylic acids is 1. The summed E-state index contributed by atoms with van der Waals surface area (Å²) in [5.41, 5.74) is 6.79. The van der Waals surface area contributed by atoms with Gasteiger partial charge in [0, 0.05) is 6.42 Å². The van der Waals surface area contributed by atoms with Crippen LogP contribution in [0.15, 0.2) is 90.2 Å². The van der Waals surface area contributed by atoms with Gasteiger partial charge in [0.1, 0.15) is 11.4 Å². The zero-order valence-corrected chi connectivity index (χ0v) is 16.2. The first-order valence-electron chi connectivity index (χ1n) is 9.56. The number of aromatic nitrogens is 2. The van der Waals surface area contributed by atoms with Crippen LogP contribution in [0.5, 0.6) is 5.75 Å². The third-order valence-corrected chi connectivity index (χ3v) is 4.42. The van der Waals surface area contributed by atoms with E-state index in [0.717, 1.165) is 23.0 Å². The number of para-hydroxylation sites is 3. The lowest BCUT2D eigenvalue weighted by Gasteiger charge is -2.11. The van der Waals surface area contributed by atoms with E-state index >= 15 is 0 Å². The van der Waals surface area contributed by atoms with Gasteiger partial charge < -0.3 is 4.74 Å². The Bertz CT molecular complexity index is 1180. The van der Waals surface area contributed by atoms with Crippen LogP contribution in [0.4, 0.5) is 0 Å². The van der Waals surface area contributed by atoms with Crippen LogP contribution in [0.25, 0.3) is 11.0 Å². The average molecular weight is 396 g/mol. The van der Waals surface area contributed by atoms with Gasteiger partial charge in [-0.1, -0.05) is 60.7 Å². The molecule has 0 spiro atoms. The maximum atomic E-state index is 12.1. The van der Waals surface area contributed by atoms with Crippen molar-refractivity contribution in [2.45, 2.75) is 6.42 Å². The molecule has 6 heteroatoms. The van der Waals surface area contributed by atoms with Gasteiger partial charge in [-0.15, -0.1) is 0 Å². The van der Waals surface area contributed by atoms with E-state index in [1.165, 1.54) is 11.8 Å². The van der Waals surface area contributed by atoms with Crippen LogP contribution in [0.2, 0.25) is 0 Å². The van der Waals surface area contributed by atoms with Gasteiger partial charge in [-0.2, -0.15) is 5.10 Å². The van der Waals surface area contributed by atoms with Gasteiger partial charge in [0.15, 0.2) is 6.61 Å². The first-order valence-corrected chi connectivity index (χ1v) is 9.56. The van der Waals surface area contributed by atoms with Crippen LogP contribution in [0.3, 0.4) is 0 Å². The van der Waals surface area contributed by atoms with Crippen LogP contribution in [0.1, 0.15) is 16.8 Å². The molecule has 30 heavy (non-hydrogen) atoms. The SMILES string of the molecule is O=C(COc1ccccc1Cc1ccccc1)N/N=C\c1cnc2ccccc2n1. The number of hydrogen-bond acceptors (Lipinski definition) is 5. The first-order chi connectivity index (χ1) is 14.8. The Morgan fingerprint density at radius 3 is 2.53 bits per heavy atom. The molecule has 0 fully saturated rings. The molecular weight excluding hydrogens is 376 g/mol. The Kier molecular flexibility index (Phi) is 6.05. The van der Waals surface area contributed by atoms with E-state index in [2.05, 4.69) is 32.6 Å². The highest BCUT2D eigenvalue weighted by atomic mass is 16.5. The van der Waals surface area contributed by atoms with Crippen molar-refractivity contribution in [2.24, 2.45) is 5.10 Å². The van der Waals surface area contributed by atoms with Gasteiger partial charge in [0.05, 0.1) is 23.4 Å². The topological polar surface area (TPSA) is 76.5 Å². The Balaban J connectivity index is 1.33. The molecule has 1 heterocycles. The number of nitrogens with one attached hydrogen (secondary N) is 1. The van der Waals surface area contributed by atoms with Crippen molar-refractivity contribution < 1.29 is 9.53 Å². The summed E-state index contributed by atoms with van der Waals surface area (Å²) >= 11 is 0. The predicted octanol–water partition coefficient (Wildman–Crippen LogP) is 3.75. The minimum absolute atomic E-state index is 0.132. The monoisotopic (exact) mass is 396 g/mol. The number of fused-ring (bicyclic) bond motifs is 1. The lowest BCUT2D eigenvalue weighted by Crippen LogP contribution is -2.25. The summed E-state index contributed by atoms with van der Waals surface area (Å²) in [6.07, 6.45) is 3.80. The number of nitrogens with zero attached hydrogens (tertiary/aromatic N) is 3. The van der Waals surface area contributed by atoms with Crippen molar-refractivity contribution in [1.82, 2.24) is 15.4 Å². The number of amides is 1. The summed E-state index contributed by atoms with van der Waals surface area (Å²) in [4.78, 5) is 20.8. The quantitative estimate of drug-likeness (QED) is 0.381. The molecule has 0 aliphatic rings. The van der Waals surface area contributed by atoms with E-state index in [4.69, 9.17) is 4.74 Å². The summed E-state index contributed by atoms with van der Waals surface area (Å²) in [5, 5.41) is 3.94. The predicted molar refractivity (Wildman–Crippen MR) is 116 cm³/mol. The van der Waals surface area contributed by atoms with Crippen LogP contribution in [0, 0.1) is 0 Å². The van der Waals surface area contributed by atoms with Crippen LogP contribution < -0.4 is 10.2 Å². The Labute approximate surface area is 174 Å².